The van der Waals surface area contributed by atoms with Gasteiger partial charge in [0.05, 0.1) is 11.6 Å². The lowest BCUT2D eigenvalue weighted by atomic mass is 9.95. The van der Waals surface area contributed by atoms with E-state index in [1.54, 1.807) is 24.3 Å². The highest BCUT2D eigenvalue weighted by Gasteiger charge is 2.45. The third-order valence-electron chi connectivity index (χ3n) is 4.26. The van der Waals surface area contributed by atoms with Gasteiger partial charge in [-0.05, 0) is 12.0 Å². The summed E-state index contributed by atoms with van der Waals surface area (Å²) in [6.07, 6.45) is 0.363. The van der Waals surface area contributed by atoms with Crippen LogP contribution in [0, 0.1) is 0 Å². The van der Waals surface area contributed by atoms with Crippen LogP contribution in [0.4, 0.5) is 0 Å². The highest BCUT2D eigenvalue weighted by atomic mass is 16.3. The van der Waals surface area contributed by atoms with E-state index in [4.69, 9.17) is 5.11 Å². The smallest absolute Gasteiger partial charge is 0.295 e. The highest BCUT2D eigenvalue weighted by molar-refractivity contribution is 6.46. The number of amides is 1. The lowest BCUT2D eigenvalue weighted by Gasteiger charge is -2.25. The molecule has 0 saturated carbocycles. The van der Waals surface area contributed by atoms with Crippen LogP contribution in [-0.2, 0) is 9.59 Å². The molecule has 0 aliphatic carbocycles. The summed E-state index contributed by atoms with van der Waals surface area (Å²) < 4.78 is 0. The van der Waals surface area contributed by atoms with Crippen molar-refractivity contribution in [3.8, 4) is 0 Å². The van der Waals surface area contributed by atoms with Crippen LogP contribution in [0.1, 0.15) is 23.6 Å². The SMILES string of the molecule is O=C1C(=O)N(CCCO)C(c2ccccc2)C1=C(O)c1ccccc1. The van der Waals surface area contributed by atoms with Crippen LogP contribution in [-0.4, -0.2) is 40.0 Å². The summed E-state index contributed by atoms with van der Waals surface area (Å²) in [7, 11) is 0. The van der Waals surface area contributed by atoms with E-state index >= 15 is 0 Å². The van der Waals surface area contributed by atoms with Gasteiger partial charge < -0.3 is 15.1 Å². The van der Waals surface area contributed by atoms with Crippen LogP contribution in [0.3, 0.4) is 0 Å². The van der Waals surface area contributed by atoms with E-state index in [9.17, 15) is 14.7 Å². The molecule has 128 valence electrons. The minimum atomic E-state index is -0.701. The molecule has 1 saturated heterocycles. The highest BCUT2D eigenvalue weighted by Crippen LogP contribution is 2.39. The molecule has 1 heterocycles. The number of aliphatic hydroxyl groups is 2. The fraction of sp³-hybridized carbons (Fsp3) is 0.200. The van der Waals surface area contributed by atoms with Crippen molar-refractivity contribution in [1.29, 1.82) is 0 Å². The van der Waals surface area contributed by atoms with E-state index in [2.05, 4.69) is 0 Å². The Bertz CT molecular complexity index is 799. The van der Waals surface area contributed by atoms with Crippen LogP contribution < -0.4 is 0 Å². The number of likely N-dealkylation sites (tertiary alicyclic amines) is 1. The van der Waals surface area contributed by atoms with Gasteiger partial charge in [0.1, 0.15) is 5.76 Å². The molecule has 1 unspecified atom stereocenters. The van der Waals surface area contributed by atoms with E-state index in [1.165, 1.54) is 4.90 Å². The van der Waals surface area contributed by atoms with Crippen molar-refractivity contribution in [2.45, 2.75) is 12.5 Å². The first-order chi connectivity index (χ1) is 12.1. The van der Waals surface area contributed by atoms with Gasteiger partial charge in [-0.25, -0.2) is 0 Å². The number of carbonyl (C=O) groups is 2. The molecule has 0 bridgehead atoms. The van der Waals surface area contributed by atoms with Crippen molar-refractivity contribution in [2.24, 2.45) is 0 Å². The lowest BCUT2D eigenvalue weighted by Crippen LogP contribution is -2.31. The Labute approximate surface area is 145 Å². The second-order valence-electron chi connectivity index (χ2n) is 5.85. The molecule has 2 N–H and O–H groups in total. The van der Waals surface area contributed by atoms with Crippen molar-refractivity contribution in [2.75, 3.05) is 13.2 Å². The molecule has 0 spiro atoms. The monoisotopic (exact) mass is 337 g/mol. The number of carbonyl (C=O) groups excluding carboxylic acids is 2. The Balaban J connectivity index is 2.14. The van der Waals surface area contributed by atoms with Gasteiger partial charge in [-0.2, -0.15) is 0 Å². The number of hydrogen-bond donors (Lipinski definition) is 2. The zero-order valence-electron chi connectivity index (χ0n) is 13.6. The van der Waals surface area contributed by atoms with Crippen molar-refractivity contribution in [3.05, 3.63) is 77.4 Å². The molecule has 0 radical (unpaired) electrons. The average molecular weight is 337 g/mol. The average Bonchev–Trinajstić information content (AvgIpc) is 2.91. The molecule has 0 aromatic heterocycles. The number of Topliss-reactive ketones (excluding diaryl/α,β-unsaturated/α-hetero) is 1. The van der Waals surface area contributed by atoms with Crippen LogP contribution in [0.2, 0.25) is 0 Å². The fourth-order valence-corrected chi connectivity index (χ4v) is 3.09. The molecule has 3 rings (SSSR count). The second-order valence-corrected chi connectivity index (χ2v) is 5.85. The molecule has 5 nitrogen and oxygen atoms in total. The van der Waals surface area contributed by atoms with E-state index in [0.29, 0.717) is 12.0 Å². The molecule has 1 amide bonds. The number of aliphatic hydroxyl groups excluding tert-OH is 2. The van der Waals surface area contributed by atoms with Crippen LogP contribution in [0.25, 0.3) is 5.76 Å². The first-order valence-corrected chi connectivity index (χ1v) is 8.14. The second kappa shape index (κ2) is 7.32. The van der Waals surface area contributed by atoms with E-state index in [-0.39, 0.29) is 24.5 Å². The summed E-state index contributed by atoms with van der Waals surface area (Å²) in [4.78, 5) is 26.5. The normalized spacial score (nSPS) is 19.4. The number of rotatable bonds is 5. The Morgan fingerprint density at radius 1 is 0.960 bits per heavy atom. The van der Waals surface area contributed by atoms with Gasteiger partial charge in [-0.15, -0.1) is 0 Å². The summed E-state index contributed by atoms with van der Waals surface area (Å²) >= 11 is 0. The predicted octanol–water partition coefficient (Wildman–Crippen LogP) is 2.49. The number of hydrogen-bond acceptors (Lipinski definition) is 4. The van der Waals surface area contributed by atoms with Crippen LogP contribution in [0.5, 0.6) is 0 Å². The van der Waals surface area contributed by atoms with E-state index in [0.717, 1.165) is 5.56 Å². The maximum Gasteiger partial charge on any atom is 0.295 e. The third kappa shape index (κ3) is 3.19. The van der Waals surface area contributed by atoms with Gasteiger partial charge in [-0.3, -0.25) is 9.59 Å². The van der Waals surface area contributed by atoms with Gasteiger partial charge >= 0.3 is 0 Å². The fourth-order valence-electron chi connectivity index (χ4n) is 3.09. The van der Waals surface area contributed by atoms with Crippen molar-refractivity contribution in [3.63, 3.8) is 0 Å². The van der Waals surface area contributed by atoms with Gasteiger partial charge in [0, 0.05) is 18.7 Å². The van der Waals surface area contributed by atoms with Gasteiger partial charge in [0.15, 0.2) is 0 Å². The lowest BCUT2D eigenvalue weighted by molar-refractivity contribution is -0.140. The molecule has 1 aliphatic heterocycles. The maximum absolute atomic E-state index is 12.6. The summed E-state index contributed by atoms with van der Waals surface area (Å²) in [6.45, 7) is 0.162. The summed E-state index contributed by atoms with van der Waals surface area (Å²) in [5.41, 5.74) is 1.32. The summed E-state index contributed by atoms with van der Waals surface area (Å²) in [5, 5.41) is 19.8. The topological polar surface area (TPSA) is 77.8 Å². The number of nitrogens with zero attached hydrogens (tertiary/aromatic N) is 1. The van der Waals surface area contributed by atoms with Gasteiger partial charge in [0.25, 0.3) is 11.7 Å². The van der Waals surface area contributed by atoms with Gasteiger partial charge in [-0.1, -0.05) is 60.7 Å². The number of ketones is 1. The predicted molar refractivity (Wildman–Crippen MR) is 93.6 cm³/mol. The molecule has 1 fully saturated rings. The molecular formula is C20H19NO4. The first-order valence-electron chi connectivity index (χ1n) is 8.14. The molecular weight excluding hydrogens is 318 g/mol. The maximum atomic E-state index is 12.6. The van der Waals surface area contributed by atoms with Crippen LogP contribution in [0.15, 0.2) is 66.2 Å². The zero-order valence-corrected chi connectivity index (χ0v) is 13.6. The molecule has 2 aromatic carbocycles. The van der Waals surface area contributed by atoms with Gasteiger partial charge in [0.2, 0.25) is 0 Å². The molecule has 1 aliphatic rings. The molecule has 2 aromatic rings. The standard InChI is InChI=1S/C20H19NO4/c22-13-7-12-21-17(14-8-3-1-4-9-14)16(19(24)20(21)25)18(23)15-10-5-2-6-11-15/h1-6,8-11,17,22-23H,7,12-13H2. The summed E-state index contributed by atoms with van der Waals surface area (Å²) in [6, 6.07) is 17.2. The molecule has 25 heavy (non-hydrogen) atoms. The summed E-state index contributed by atoms with van der Waals surface area (Å²) in [5.74, 6) is -1.53. The first kappa shape index (κ1) is 16.9. The minimum Gasteiger partial charge on any atom is -0.507 e. The third-order valence-corrected chi connectivity index (χ3v) is 4.26. The molecule has 1 atom stereocenters. The Hall–Kier alpha value is -2.92. The van der Waals surface area contributed by atoms with Crippen molar-refractivity contribution < 1.29 is 19.8 Å². The van der Waals surface area contributed by atoms with Crippen LogP contribution >= 0.6 is 0 Å². The van der Waals surface area contributed by atoms with E-state index < -0.39 is 17.7 Å². The number of benzene rings is 2. The van der Waals surface area contributed by atoms with Crippen molar-refractivity contribution in [1.82, 2.24) is 4.90 Å². The zero-order chi connectivity index (χ0) is 17.8. The van der Waals surface area contributed by atoms with E-state index in [1.807, 2.05) is 36.4 Å². The Kier molecular flexibility index (Phi) is 4.95. The largest absolute Gasteiger partial charge is 0.507 e. The quantitative estimate of drug-likeness (QED) is 0.499. The minimum absolute atomic E-state index is 0.0802. The Morgan fingerprint density at radius 2 is 1.56 bits per heavy atom. The van der Waals surface area contributed by atoms with Crippen molar-refractivity contribution >= 4 is 17.4 Å². The molecule has 5 heteroatoms. The Morgan fingerprint density at radius 3 is 2.16 bits per heavy atom.